The minimum absolute atomic E-state index is 0.180. The molecule has 1 amide bonds. The zero-order valence-corrected chi connectivity index (χ0v) is 14.2. The number of nitrogens with one attached hydrogen (secondary N) is 2. The molecule has 126 valence electrons. The van der Waals surface area contributed by atoms with Crippen LogP contribution in [0.3, 0.4) is 0 Å². The van der Waals surface area contributed by atoms with Crippen molar-refractivity contribution in [3.8, 4) is 0 Å². The van der Waals surface area contributed by atoms with Gasteiger partial charge >= 0.3 is 0 Å². The number of benzene rings is 1. The standard InChI is InChI=1S/C18H21ClN4O/c19-14-7-5-13(6-8-14)9-11-20-17(24)16-10-12-21-18(23-16)22-15-3-1-2-4-15/h5-8,10,12,15H,1-4,9,11H2,(H,20,24)(H,21,22,23). The van der Waals surface area contributed by atoms with Gasteiger partial charge in [-0.25, -0.2) is 9.97 Å². The SMILES string of the molecule is O=C(NCCc1ccc(Cl)cc1)c1ccnc(NC2CCCC2)n1. The van der Waals surface area contributed by atoms with E-state index in [1.54, 1.807) is 12.3 Å². The van der Waals surface area contributed by atoms with Crippen LogP contribution in [0.25, 0.3) is 0 Å². The second-order valence-corrected chi connectivity index (χ2v) is 6.46. The molecular formula is C18H21ClN4O. The van der Waals surface area contributed by atoms with Crippen molar-refractivity contribution in [2.24, 2.45) is 0 Å². The summed E-state index contributed by atoms with van der Waals surface area (Å²) >= 11 is 5.86. The van der Waals surface area contributed by atoms with Crippen molar-refractivity contribution in [2.75, 3.05) is 11.9 Å². The summed E-state index contributed by atoms with van der Waals surface area (Å²) in [5, 5.41) is 6.92. The van der Waals surface area contributed by atoms with Gasteiger partial charge in [-0.15, -0.1) is 0 Å². The number of anilines is 1. The average molecular weight is 345 g/mol. The van der Waals surface area contributed by atoms with E-state index >= 15 is 0 Å². The topological polar surface area (TPSA) is 66.9 Å². The van der Waals surface area contributed by atoms with Crippen LogP contribution >= 0.6 is 11.6 Å². The highest BCUT2D eigenvalue weighted by Gasteiger charge is 2.16. The van der Waals surface area contributed by atoms with Gasteiger partial charge in [0.25, 0.3) is 5.91 Å². The molecule has 0 spiro atoms. The first-order chi connectivity index (χ1) is 11.7. The molecule has 0 bridgehead atoms. The maximum atomic E-state index is 12.2. The van der Waals surface area contributed by atoms with Gasteiger partial charge in [-0.1, -0.05) is 36.6 Å². The Kier molecular flexibility index (Phi) is 5.64. The van der Waals surface area contributed by atoms with Crippen LogP contribution in [0, 0.1) is 0 Å². The fraction of sp³-hybridized carbons (Fsp3) is 0.389. The number of aromatic nitrogens is 2. The summed E-state index contributed by atoms with van der Waals surface area (Å²) in [5.74, 6) is 0.355. The van der Waals surface area contributed by atoms with Crippen LogP contribution in [-0.4, -0.2) is 28.5 Å². The molecule has 1 saturated carbocycles. The third kappa shape index (κ3) is 4.68. The molecule has 1 aromatic heterocycles. The number of carbonyl (C=O) groups is 1. The maximum Gasteiger partial charge on any atom is 0.270 e. The van der Waals surface area contributed by atoms with E-state index < -0.39 is 0 Å². The second-order valence-electron chi connectivity index (χ2n) is 6.02. The van der Waals surface area contributed by atoms with Crippen LogP contribution in [0.5, 0.6) is 0 Å². The molecule has 0 radical (unpaired) electrons. The first kappa shape index (κ1) is 16.7. The summed E-state index contributed by atoms with van der Waals surface area (Å²) in [4.78, 5) is 20.8. The Morgan fingerprint density at radius 1 is 1.17 bits per heavy atom. The number of hydrogen-bond acceptors (Lipinski definition) is 4. The Labute approximate surface area is 146 Å². The minimum Gasteiger partial charge on any atom is -0.351 e. The first-order valence-corrected chi connectivity index (χ1v) is 8.71. The summed E-state index contributed by atoms with van der Waals surface area (Å²) in [7, 11) is 0. The van der Waals surface area contributed by atoms with Crippen LogP contribution in [0.2, 0.25) is 5.02 Å². The third-order valence-corrected chi connectivity index (χ3v) is 4.44. The van der Waals surface area contributed by atoms with E-state index in [1.807, 2.05) is 24.3 Å². The Balaban J connectivity index is 1.51. The number of halogens is 1. The summed E-state index contributed by atoms with van der Waals surface area (Å²) in [6.45, 7) is 0.551. The van der Waals surface area contributed by atoms with Crippen molar-refractivity contribution in [1.82, 2.24) is 15.3 Å². The van der Waals surface area contributed by atoms with E-state index in [0.717, 1.165) is 24.8 Å². The molecule has 1 aliphatic rings. The van der Waals surface area contributed by atoms with Gasteiger partial charge in [-0.05, 0) is 43.0 Å². The largest absolute Gasteiger partial charge is 0.351 e. The summed E-state index contributed by atoms with van der Waals surface area (Å²) < 4.78 is 0. The van der Waals surface area contributed by atoms with E-state index in [-0.39, 0.29) is 5.91 Å². The molecule has 0 aliphatic heterocycles. The predicted molar refractivity (Wildman–Crippen MR) is 95.4 cm³/mol. The normalized spacial score (nSPS) is 14.5. The smallest absolute Gasteiger partial charge is 0.270 e. The van der Waals surface area contributed by atoms with E-state index in [4.69, 9.17) is 11.6 Å². The lowest BCUT2D eigenvalue weighted by molar-refractivity contribution is 0.0949. The summed E-state index contributed by atoms with van der Waals surface area (Å²) in [6.07, 6.45) is 7.13. The van der Waals surface area contributed by atoms with E-state index in [1.165, 1.54) is 12.8 Å². The Morgan fingerprint density at radius 3 is 2.67 bits per heavy atom. The Morgan fingerprint density at radius 2 is 1.92 bits per heavy atom. The van der Waals surface area contributed by atoms with Crippen LogP contribution < -0.4 is 10.6 Å². The van der Waals surface area contributed by atoms with Gasteiger partial charge < -0.3 is 10.6 Å². The lowest BCUT2D eigenvalue weighted by Crippen LogP contribution is -2.27. The fourth-order valence-corrected chi connectivity index (χ4v) is 3.00. The van der Waals surface area contributed by atoms with Gasteiger partial charge in [0.2, 0.25) is 5.95 Å². The molecule has 0 unspecified atom stereocenters. The van der Waals surface area contributed by atoms with Gasteiger partial charge in [0, 0.05) is 23.8 Å². The predicted octanol–water partition coefficient (Wildman–Crippen LogP) is 3.46. The van der Waals surface area contributed by atoms with E-state index in [0.29, 0.717) is 29.3 Å². The molecule has 1 fully saturated rings. The van der Waals surface area contributed by atoms with E-state index in [9.17, 15) is 4.79 Å². The molecule has 6 heteroatoms. The minimum atomic E-state index is -0.180. The van der Waals surface area contributed by atoms with E-state index in [2.05, 4.69) is 20.6 Å². The fourth-order valence-electron chi connectivity index (χ4n) is 2.87. The molecule has 1 aromatic carbocycles. The molecule has 1 aliphatic carbocycles. The number of rotatable bonds is 6. The highest BCUT2D eigenvalue weighted by Crippen LogP contribution is 2.20. The number of carbonyl (C=O) groups excluding carboxylic acids is 1. The number of nitrogens with zero attached hydrogens (tertiary/aromatic N) is 2. The molecule has 3 rings (SSSR count). The Bertz CT molecular complexity index is 684. The molecule has 24 heavy (non-hydrogen) atoms. The highest BCUT2D eigenvalue weighted by molar-refractivity contribution is 6.30. The summed E-state index contributed by atoms with van der Waals surface area (Å²) in [5.41, 5.74) is 1.52. The van der Waals surface area contributed by atoms with Crippen molar-refractivity contribution >= 4 is 23.5 Å². The van der Waals surface area contributed by atoms with Gasteiger partial charge in [-0.3, -0.25) is 4.79 Å². The van der Waals surface area contributed by atoms with Crippen LogP contribution in [0.1, 0.15) is 41.7 Å². The number of amides is 1. The highest BCUT2D eigenvalue weighted by atomic mass is 35.5. The van der Waals surface area contributed by atoms with Crippen molar-refractivity contribution in [3.05, 3.63) is 52.8 Å². The second kappa shape index (κ2) is 8.11. The third-order valence-electron chi connectivity index (χ3n) is 4.19. The van der Waals surface area contributed by atoms with Crippen molar-refractivity contribution in [2.45, 2.75) is 38.1 Å². The molecule has 0 saturated heterocycles. The van der Waals surface area contributed by atoms with Crippen molar-refractivity contribution in [3.63, 3.8) is 0 Å². The van der Waals surface area contributed by atoms with Crippen LogP contribution in [0.4, 0.5) is 5.95 Å². The maximum absolute atomic E-state index is 12.2. The monoisotopic (exact) mass is 344 g/mol. The molecule has 1 heterocycles. The van der Waals surface area contributed by atoms with Crippen LogP contribution in [-0.2, 0) is 6.42 Å². The molecule has 2 N–H and O–H groups in total. The lowest BCUT2D eigenvalue weighted by Gasteiger charge is -2.12. The lowest BCUT2D eigenvalue weighted by atomic mass is 10.1. The van der Waals surface area contributed by atoms with Gasteiger partial charge in [0.05, 0.1) is 0 Å². The molecular weight excluding hydrogens is 324 g/mol. The average Bonchev–Trinajstić information content (AvgIpc) is 3.10. The van der Waals surface area contributed by atoms with Crippen molar-refractivity contribution in [1.29, 1.82) is 0 Å². The zero-order chi connectivity index (χ0) is 16.8. The van der Waals surface area contributed by atoms with Crippen LogP contribution in [0.15, 0.2) is 36.5 Å². The number of hydrogen-bond donors (Lipinski definition) is 2. The Hall–Kier alpha value is -2.14. The van der Waals surface area contributed by atoms with Crippen molar-refractivity contribution < 1.29 is 4.79 Å². The molecule has 0 atom stereocenters. The molecule has 5 nitrogen and oxygen atoms in total. The molecule has 2 aromatic rings. The zero-order valence-electron chi connectivity index (χ0n) is 13.5. The summed E-state index contributed by atoms with van der Waals surface area (Å²) in [6, 6.07) is 9.69. The van der Waals surface area contributed by atoms with Gasteiger partial charge in [-0.2, -0.15) is 0 Å². The van der Waals surface area contributed by atoms with Gasteiger partial charge in [0.1, 0.15) is 5.69 Å². The quantitative estimate of drug-likeness (QED) is 0.842. The first-order valence-electron chi connectivity index (χ1n) is 8.33. The van der Waals surface area contributed by atoms with Gasteiger partial charge in [0.15, 0.2) is 0 Å².